The normalized spacial score (nSPS) is 14.9. The highest BCUT2D eigenvalue weighted by Crippen LogP contribution is 2.13. The van der Waals surface area contributed by atoms with E-state index in [-0.39, 0.29) is 0 Å². The lowest BCUT2D eigenvalue weighted by atomic mass is 10.0. The van der Waals surface area contributed by atoms with E-state index in [9.17, 15) is 5.26 Å². The minimum atomic E-state index is 0.565. The van der Waals surface area contributed by atoms with E-state index in [2.05, 4.69) is 45.4 Å². The third-order valence-electron chi connectivity index (χ3n) is 5.76. The molecule has 0 bridgehead atoms. The van der Waals surface area contributed by atoms with Gasteiger partial charge in [0.1, 0.15) is 0 Å². The molecule has 170 valence electrons. The fraction of sp³-hybridized carbons (Fsp3) is 0.423. The van der Waals surface area contributed by atoms with Gasteiger partial charge < -0.3 is 15.5 Å². The van der Waals surface area contributed by atoms with Gasteiger partial charge in [-0.2, -0.15) is 10.4 Å². The molecule has 6 nitrogen and oxygen atoms in total. The Morgan fingerprint density at radius 2 is 1.91 bits per heavy atom. The van der Waals surface area contributed by atoms with Gasteiger partial charge >= 0.3 is 0 Å². The molecule has 0 unspecified atom stereocenters. The van der Waals surface area contributed by atoms with Crippen LogP contribution in [0.4, 0.5) is 5.82 Å². The van der Waals surface area contributed by atoms with Crippen molar-refractivity contribution < 1.29 is 0 Å². The summed E-state index contributed by atoms with van der Waals surface area (Å²) in [6, 6.07) is 7.94. The Kier molecular flexibility index (Phi) is 9.90. The number of anilines is 1. The molecule has 0 saturated carbocycles. The summed E-state index contributed by atoms with van der Waals surface area (Å²) in [5.74, 6) is 0.692. The van der Waals surface area contributed by atoms with E-state index in [4.69, 9.17) is 0 Å². The van der Waals surface area contributed by atoms with E-state index >= 15 is 0 Å². The van der Waals surface area contributed by atoms with Crippen molar-refractivity contribution in [2.75, 3.05) is 32.5 Å². The summed E-state index contributed by atoms with van der Waals surface area (Å²) in [6.45, 7) is 13.1. The third kappa shape index (κ3) is 6.93. The number of likely N-dealkylation sites (tertiary alicyclic amines) is 1. The Morgan fingerprint density at radius 1 is 1.19 bits per heavy atom. The maximum atomic E-state index is 9.18. The molecule has 1 aromatic carbocycles. The first kappa shape index (κ1) is 25.1. The zero-order valence-electron chi connectivity index (χ0n) is 20.1. The predicted octanol–water partition coefficient (Wildman–Crippen LogP) is 2.99. The van der Waals surface area contributed by atoms with Crippen LogP contribution >= 0.6 is 0 Å². The summed E-state index contributed by atoms with van der Waals surface area (Å²) in [4.78, 5) is 2.39. The van der Waals surface area contributed by atoms with Gasteiger partial charge in [0, 0.05) is 29.7 Å². The first-order valence-corrected chi connectivity index (χ1v) is 11.2. The molecule has 1 fully saturated rings. The summed E-state index contributed by atoms with van der Waals surface area (Å²) >= 11 is 0. The summed E-state index contributed by atoms with van der Waals surface area (Å²) in [5.41, 5.74) is 4.38. The van der Waals surface area contributed by atoms with E-state index in [0.717, 1.165) is 33.0 Å². The van der Waals surface area contributed by atoms with E-state index < -0.39 is 0 Å². The lowest BCUT2D eigenvalue weighted by Crippen LogP contribution is -2.33. The van der Waals surface area contributed by atoms with Gasteiger partial charge in [-0.05, 0) is 77.0 Å². The molecule has 0 aliphatic carbocycles. The lowest BCUT2D eigenvalue weighted by molar-refractivity contribution is 0.277. The van der Waals surface area contributed by atoms with Crippen molar-refractivity contribution in [1.29, 1.82) is 5.26 Å². The fourth-order valence-corrected chi connectivity index (χ4v) is 3.67. The Morgan fingerprint density at radius 3 is 2.47 bits per heavy atom. The van der Waals surface area contributed by atoms with Crippen molar-refractivity contribution >= 4 is 18.0 Å². The van der Waals surface area contributed by atoms with E-state index in [0.29, 0.717) is 17.9 Å². The number of nitrogens with zero attached hydrogens (tertiary/aromatic N) is 4. The van der Waals surface area contributed by atoms with Gasteiger partial charge in [0.05, 0.1) is 17.3 Å². The molecule has 2 N–H and O–H groups in total. The summed E-state index contributed by atoms with van der Waals surface area (Å²) in [5, 5.41) is 26.1. The van der Waals surface area contributed by atoms with Crippen molar-refractivity contribution in [1.82, 2.24) is 20.4 Å². The SMILES string of the molecule is C=C(/C=c1/c(NCc2cccc(C#N)c2C)nnc(C)/c1=C/C)NC.CN1CCCCC1. The Labute approximate surface area is 192 Å². The topological polar surface area (TPSA) is 76.9 Å². The van der Waals surface area contributed by atoms with Gasteiger partial charge in [0.15, 0.2) is 5.82 Å². The van der Waals surface area contributed by atoms with Crippen LogP contribution in [0.2, 0.25) is 0 Å². The van der Waals surface area contributed by atoms with Crippen LogP contribution in [0.5, 0.6) is 0 Å². The zero-order valence-corrected chi connectivity index (χ0v) is 20.1. The first-order valence-electron chi connectivity index (χ1n) is 11.2. The summed E-state index contributed by atoms with van der Waals surface area (Å²) < 4.78 is 0. The molecule has 0 radical (unpaired) electrons. The second kappa shape index (κ2) is 12.6. The predicted molar refractivity (Wildman–Crippen MR) is 133 cm³/mol. The van der Waals surface area contributed by atoms with Gasteiger partial charge in [0.25, 0.3) is 0 Å². The molecule has 1 aromatic heterocycles. The van der Waals surface area contributed by atoms with Gasteiger partial charge in [-0.3, -0.25) is 0 Å². The van der Waals surface area contributed by atoms with Crippen molar-refractivity contribution in [3.8, 4) is 6.07 Å². The van der Waals surface area contributed by atoms with Crippen LogP contribution in [-0.2, 0) is 6.54 Å². The molecule has 6 heteroatoms. The highest BCUT2D eigenvalue weighted by atomic mass is 15.2. The number of aromatic nitrogens is 2. The number of nitrogens with one attached hydrogen (secondary N) is 2. The number of benzene rings is 1. The Bertz CT molecular complexity index is 1070. The molecule has 2 heterocycles. The average Bonchev–Trinajstić information content (AvgIpc) is 2.80. The molecule has 0 spiro atoms. The van der Waals surface area contributed by atoms with Crippen LogP contribution in [-0.4, -0.2) is 42.3 Å². The molecule has 1 saturated heterocycles. The van der Waals surface area contributed by atoms with Crippen LogP contribution in [0.25, 0.3) is 12.2 Å². The summed E-state index contributed by atoms with van der Waals surface area (Å²) in [7, 11) is 4.03. The van der Waals surface area contributed by atoms with Crippen LogP contribution in [0.1, 0.15) is 48.6 Å². The Hall–Kier alpha value is -3.17. The minimum Gasteiger partial charge on any atom is -0.389 e. The quantitative estimate of drug-likeness (QED) is 0.756. The number of allylic oxidation sites excluding steroid dienone is 1. The van der Waals surface area contributed by atoms with Crippen LogP contribution in [0.3, 0.4) is 0 Å². The standard InChI is InChI=1S/C20H23N5.C6H13N/c1-6-18-15(4)24-25-20(19(18)10-13(2)22-5)23-12-17-9-7-8-16(11-21)14(17)3;1-7-5-3-2-4-6-7/h6-10,22H,2,12H2,1,3-5H3,(H,23,25);2-6H2,1H3/b18-6-,19-10+;. The molecule has 3 rings (SSSR count). The summed E-state index contributed by atoms with van der Waals surface area (Å²) in [6.07, 6.45) is 8.25. The highest BCUT2D eigenvalue weighted by molar-refractivity contribution is 5.53. The van der Waals surface area contributed by atoms with Crippen LogP contribution in [0, 0.1) is 25.2 Å². The number of hydrogen-bond donors (Lipinski definition) is 2. The van der Waals surface area contributed by atoms with Crippen LogP contribution < -0.4 is 21.1 Å². The monoisotopic (exact) mass is 432 g/mol. The van der Waals surface area contributed by atoms with Crippen molar-refractivity contribution in [3.05, 3.63) is 63.3 Å². The second-order valence-electron chi connectivity index (χ2n) is 8.09. The molecule has 2 aromatic rings. The zero-order chi connectivity index (χ0) is 23.5. The Balaban J connectivity index is 0.000000439. The molecular formula is C26H36N6. The fourth-order valence-electron chi connectivity index (χ4n) is 3.67. The average molecular weight is 433 g/mol. The smallest absolute Gasteiger partial charge is 0.156 e. The number of piperidine rings is 1. The van der Waals surface area contributed by atoms with E-state index in [1.54, 1.807) is 0 Å². The van der Waals surface area contributed by atoms with Gasteiger partial charge in [-0.15, -0.1) is 5.10 Å². The number of nitriles is 1. The van der Waals surface area contributed by atoms with Crippen molar-refractivity contribution in [3.63, 3.8) is 0 Å². The van der Waals surface area contributed by atoms with Crippen molar-refractivity contribution in [2.45, 2.75) is 46.6 Å². The maximum absolute atomic E-state index is 9.18. The number of hydrogen-bond acceptors (Lipinski definition) is 6. The van der Waals surface area contributed by atoms with Crippen molar-refractivity contribution in [2.24, 2.45) is 0 Å². The van der Waals surface area contributed by atoms with Crippen LogP contribution in [0.15, 0.2) is 30.5 Å². The van der Waals surface area contributed by atoms with E-state index in [1.807, 2.05) is 58.2 Å². The molecule has 0 atom stereocenters. The number of rotatable bonds is 5. The van der Waals surface area contributed by atoms with Gasteiger partial charge in [-0.25, -0.2) is 0 Å². The third-order valence-corrected chi connectivity index (χ3v) is 5.76. The minimum absolute atomic E-state index is 0.565. The molecule has 1 aliphatic heterocycles. The molecule has 32 heavy (non-hydrogen) atoms. The van der Waals surface area contributed by atoms with E-state index in [1.165, 1.54) is 32.4 Å². The largest absolute Gasteiger partial charge is 0.389 e. The van der Waals surface area contributed by atoms with Gasteiger partial charge in [-0.1, -0.05) is 31.2 Å². The maximum Gasteiger partial charge on any atom is 0.156 e. The number of aryl methyl sites for hydroxylation is 1. The first-order chi connectivity index (χ1) is 15.4. The second-order valence-corrected chi connectivity index (χ2v) is 8.09. The molecule has 0 amide bonds. The lowest BCUT2D eigenvalue weighted by Gasteiger charge is -2.20. The molecular weight excluding hydrogens is 396 g/mol. The molecule has 1 aliphatic rings. The van der Waals surface area contributed by atoms with Gasteiger partial charge in [0.2, 0.25) is 0 Å². The highest BCUT2D eigenvalue weighted by Gasteiger charge is 2.07.